The van der Waals surface area contributed by atoms with Gasteiger partial charge in [0, 0.05) is 6.04 Å². The van der Waals surface area contributed by atoms with Crippen LogP contribution in [-0.2, 0) is 19.4 Å². The van der Waals surface area contributed by atoms with Gasteiger partial charge in [0.1, 0.15) is 5.75 Å². The second kappa shape index (κ2) is 9.02. The number of nitrogens with one attached hydrogen (secondary N) is 1. The maximum absolute atomic E-state index is 12.0. The normalized spacial score (nSPS) is 18.5. The maximum atomic E-state index is 12.0. The van der Waals surface area contributed by atoms with Crippen molar-refractivity contribution in [2.45, 2.75) is 32.7 Å². The largest absolute Gasteiger partial charge is 0.494 e. The molecule has 0 spiro atoms. The second-order valence-electron chi connectivity index (χ2n) is 6.80. The predicted octanol–water partition coefficient (Wildman–Crippen LogP) is 1.57. The standard InChI is InChI=1S/C18H25NO6S/c1-13(2)7-9-24-16-5-3-14(4-6-16)18(21)25-11-17(20)19-15-8-10-26(22,23)12-15/h3-6,13,15H,7-12H2,1-2H3,(H,19,20). The molecule has 1 heterocycles. The van der Waals surface area contributed by atoms with Crippen LogP contribution in [0, 0.1) is 5.92 Å². The van der Waals surface area contributed by atoms with Gasteiger partial charge >= 0.3 is 5.97 Å². The molecule has 144 valence electrons. The first-order chi connectivity index (χ1) is 12.2. The third kappa shape index (κ3) is 6.67. The van der Waals surface area contributed by atoms with Gasteiger partial charge in [0.2, 0.25) is 0 Å². The highest BCUT2D eigenvalue weighted by Crippen LogP contribution is 2.14. The molecule has 7 nitrogen and oxygen atoms in total. The summed E-state index contributed by atoms with van der Waals surface area (Å²) in [6.07, 6.45) is 1.33. The first-order valence-corrected chi connectivity index (χ1v) is 10.5. The number of carbonyl (C=O) groups is 2. The lowest BCUT2D eigenvalue weighted by Crippen LogP contribution is -2.38. The SMILES string of the molecule is CC(C)CCOc1ccc(C(=O)OCC(=O)NC2CCS(=O)(=O)C2)cc1. The number of hydrogen-bond acceptors (Lipinski definition) is 6. The number of hydrogen-bond donors (Lipinski definition) is 1. The minimum absolute atomic E-state index is 0.0645. The molecule has 1 aliphatic heterocycles. The van der Waals surface area contributed by atoms with Crippen LogP contribution in [0.1, 0.15) is 37.0 Å². The fourth-order valence-electron chi connectivity index (χ4n) is 2.49. The Kier molecular flexibility index (Phi) is 7.02. The average Bonchev–Trinajstić information content (AvgIpc) is 2.91. The van der Waals surface area contributed by atoms with Gasteiger partial charge in [-0.15, -0.1) is 0 Å². The molecular weight excluding hydrogens is 358 g/mol. The summed E-state index contributed by atoms with van der Waals surface area (Å²) >= 11 is 0. The Bertz CT molecular complexity index is 727. The van der Waals surface area contributed by atoms with Crippen molar-refractivity contribution in [2.24, 2.45) is 5.92 Å². The molecule has 1 aromatic rings. The Morgan fingerprint density at radius 3 is 2.50 bits per heavy atom. The van der Waals surface area contributed by atoms with Gasteiger partial charge in [0.25, 0.3) is 5.91 Å². The molecule has 1 fully saturated rings. The lowest BCUT2D eigenvalue weighted by atomic mass is 10.1. The van der Waals surface area contributed by atoms with Crippen molar-refractivity contribution in [3.8, 4) is 5.75 Å². The Hall–Kier alpha value is -2.09. The van der Waals surface area contributed by atoms with Gasteiger partial charge in [-0.25, -0.2) is 13.2 Å². The van der Waals surface area contributed by atoms with Gasteiger partial charge in [0.15, 0.2) is 16.4 Å². The molecule has 0 aliphatic carbocycles. The van der Waals surface area contributed by atoms with Gasteiger partial charge in [-0.2, -0.15) is 0 Å². The molecule has 1 aliphatic rings. The van der Waals surface area contributed by atoms with E-state index in [2.05, 4.69) is 19.2 Å². The van der Waals surface area contributed by atoms with Gasteiger partial charge in [-0.05, 0) is 43.0 Å². The molecule has 1 aromatic carbocycles. The Morgan fingerprint density at radius 1 is 1.23 bits per heavy atom. The lowest BCUT2D eigenvalue weighted by Gasteiger charge is -2.11. The monoisotopic (exact) mass is 383 g/mol. The molecule has 1 N–H and O–H groups in total. The highest BCUT2D eigenvalue weighted by molar-refractivity contribution is 7.91. The summed E-state index contributed by atoms with van der Waals surface area (Å²) in [5.74, 6) is 0.109. The smallest absolute Gasteiger partial charge is 0.338 e. The fraction of sp³-hybridized carbons (Fsp3) is 0.556. The molecule has 0 bridgehead atoms. The summed E-state index contributed by atoms with van der Waals surface area (Å²) in [5, 5.41) is 2.57. The summed E-state index contributed by atoms with van der Waals surface area (Å²) in [6, 6.07) is 6.11. The van der Waals surface area contributed by atoms with Crippen LogP contribution in [0.3, 0.4) is 0 Å². The topological polar surface area (TPSA) is 98.8 Å². The van der Waals surface area contributed by atoms with E-state index < -0.39 is 34.4 Å². The van der Waals surface area contributed by atoms with E-state index in [9.17, 15) is 18.0 Å². The summed E-state index contributed by atoms with van der Waals surface area (Å²) in [4.78, 5) is 23.7. The molecular formula is C18H25NO6S. The highest BCUT2D eigenvalue weighted by atomic mass is 32.2. The number of carbonyl (C=O) groups excluding carboxylic acids is 2. The van der Waals surface area contributed by atoms with E-state index in [0.29, 0.717) is 30.3 Å². The molecule has 1 saturated heterocycles. The molecule has 0 radical (unpaired) electrons. The van der Waals surface area contributed by atoms with Crippen LogP contribution in [-0.4, -0.2) is 51.1 Å². The van der Waals surface area contributed by atoms with E-state index in [-0.39, 0.29) is 11.5 Å². The van der Waals surface area contributed by atoms with Crippen molar-refractivity contribution in [1.29, 1.82) is 0 Å². The lowest BCUT2D eigenvalue weighted by molar-refractivity contribution is -0.124. The minimum atomic E-state index is -3.07. The molecule has 2 rings (SSSR count). The zero-order valence-electron chi connectivity index (χ0n) is 15.1. The molecule has 0 aromatic heterocycles. The minimum Gasteiger partial charge on any atom is -0.494 e. The Labute approximate surface area is 154 Å². The average molecular weight is 383 g/mol. The number of esters is 1. The third-order valence-corrected chi connectivity index (χ3v) is 5.75. The summed E-state index contributed by atoms with van der Waals surface area (Å²) in [5.41, 5.74) is 0.317. The molecule has 1 unspecified atom stereocenters. The van der Waals surface area contributed by atoms with E-state index in [0.717, 1.165) is 6.42 Å². The Morgan fingerprint density at radius 2 is 1.92 bits per heavy atom. The van der Waals surface area contributed by atoms with E-state index >= 15 is 0 Å². The zero-order chi connectivity index (χ0) is 19.2. The van der Waals surface area contributed by atoms with Crippen LogP contribution in [0.5, 0.6) is 5.75 Å². The van der Waals surface area contributed by atoms with Crippen molar-refractivity contribution in [3.63, 3.8) is 0 Å². The number of amides is 1. The first-order valence-electron chi connectivity index (χ1n) is 8.65. The van der Waals surface area contributed by atoms with Crippen molar-refractivity contribution in [1.82, 2.24) is 5.32 Å². The molecule has 1 atom stereocenters. The van der Waals surface area contributed by atoms with Crippen LogP contribution in [0.2, 0.25) is 0 Å². The van der Waals surface area contributed by atoms with Gasteiger partial charge in [-0.1, -0.05) is 13.8 Å². The van der Waals surface area contributed by atoms with Gasteiger partial charge < -0.3 is 14.8 Å². The molecule has 0 saturated carbocycles. The van der Waals surface area contributed by atoms with Crippen LogP contribution in [0.15, 0.2) is 24.3 Å². The van der Waals surface area contributed by atoms with E-state index in [1.165, 1.54) is 0 Å². The van der Waals surface area contributed by atoms with Crippen LogP contribution < -0.4 is 10.1 Å². The van der Waals surface area contributed by atoms with Gasteiger partial charge in [-0.3, -0.25) is 4.79 Å². The van der Waals surface area contributed by atoms with E-state index in [1.807, 2.05) is 0 Å². The zero-order valence-corrected chi connectivity index (χ0v) is 15.9. The Balaban J connectivity index is 1.74. The summed E-state index contributed by atoms with van der Waals surface area (Å²) in [7, 11) is -3.07. The third-order valence-electron chi connectivity index (χ3n) is 3.99. The highest BCUT2D eigenvalue weighted by Gasteiger charge is 2.29. The molecule has 8 heteroatoms. The second-order valence-corrected chi connectivity index (χ2v) is 9.03. The van der Waals surface area contributed by atoms with Crippen LogP contribution >= 0.6 is 0 Å². The van der Waals surface area contributed by atoms with Gasteiger partial charge in [0.05, 0.1) is 23.7 Å². The maximum Gasteiger partial charge on any atom is 0.338 e. The predicted molar refractivity (Wildman–Crippen MR) is 96.9 cm³/mol. The number of sulfone groups is 1. The fourth-order valence-corrected chi connectivity index (χ4v) is 4.17. The summed E-state index contributed by atoms with van der Waals surface area (Å²) < 4.78 is 33.2. The van der Waals surface area contributed by atoms with Crippen LogP contribution in [0.4, 0.5) is 0 Å². The quantitative estimate of drug-likeness (QED) is 0.684. The van der Waals surface area contributed by atoms with E-state index in [4.69, 9.17) is 9.47 Å². The number of ether oxygens (including phenoxy) is 2. The molecule has 1 amide bonds. The van der Waals surface area contributed by atoms with E-state index in [1.54, 1.807) is 24.3 Å². The van der Waals surface area contributed by atoms with Crippen molar-refractivity contribution >= 4 is 21.7 Å². The number of benzene rings is 1. The van der Waals surface area contributed by atoms with Crippen molar-refractivity contribution in [3.05, 3.63) is 29.8 Å². The molecule has 26 heavy (non-hydrogen) atoms. The van der Waals surface area contributed by atoms with Crippen molar-refractivity contribution < 1.29 is 27.5 Å². The number of rotatable bonds is 8. The first kappa shape index (κ1) is 20.2. The summed E-state index contributed by atoms with van der Waals surface area (Å²) in [6.45, 7) is 4.40. The van der Waals surface area contributed by atoms with Crippen molar-refractivity contribution in [2.75, 3.05) is 24.7 Å². The van der Waals surface area contributed by atoms with Crippen LogP contribution in [0.25, 0.3) is 0 Å².